The van der Waals surface area contributed by atoms with Crippen LogP contribution in [0.4, 0.5) is 0 Å². The number of halogens is 1. The molecule has 0 atom stereocenters. The Bertz CT molecular complexity index is 316. The second kappa shape index (κ2) is 5.03. The van der Waals surface area contributed by atoms with Gasteiger partial charge >= 0.3 is 0 Å². The van der Waals surface area contributed by atoms with E-state index in [1.807, 2.05) is 18.2 Å². The third kappa shape index (κ3) is 4.09. The molecule has 0 saturated heterocycles. The molecule has 0 fully saturated rings. The summed E-state index contributed by atoms with van der Waals surface area (Å²) in [5.74, 6) is 0. The number of allylic oxidation sites excluding steroid dienone is 3. The molecule has 0 nitrogen and oxygen atoms in total. The third-order valence-electron chi connectivity index (χ3n) is 1.53. The molecule has 1 rings (SSSR count). The lowest BCUT2D eigenvalue weighted by molar-refractivity contribution is 1.39. The Balaban J connectivity index is 2.83. The lowest BCUT2D eigenvalue weighted by Gasteiger charge is -1.94. The molecule has 0 aliphatic rings. The van der Waals surface area contributed by atoms with Crippen LogP contribution in [0.1, 0.15) is 19.4 Å². The highest BCUT2D eigenvalue weighted by atomic mass is 79.9. The average molecular weight is 237 g/mol. The first kappa shape index (κ1) is 10.3. The molecule has 0 saturated carbocycles. The molecule has 13 heavy (non-hydrogen) atoms. The van der Waals surface area contributed by atoms with E-state index in [1.165, 1.54) is 11.1 Å². The molecule has 0 unspecified atom stereocenters. The summed E-state index contributed by atoms with van der Waals surface area (Å²) in [6.07, 6.45) is 4.21. The molecular weight excluding hydrogens is 224 g/mol. The maximum Gasteiger partial charge on any atom is 0.0180 e. The monoisotopic (exact) mass is 236 g/mol. The molecule has 0 heterocycles. The van der Waals surface area contributed by atoms with E-state index in [-0.39, 0.29) is 0 Å². The lowest BCUT2D eigenvalue weighted by Crippen LogP contribution is -1.71. The molecule has 0 aliphatic heterocycles. The summed E-state index contributed by atoms with van der Waals surface area (Å²) in [7, 11) is 0. The molecule has 1 aromatic rings. The summed E-state index contributed by atoms with van der Waals surface area (Å²) in [4.78, 5) is 0. The van der Waals surface area contributed by atoms with Crippen LogP contribution in [-0.4, -0.2) is 0 Å². The van der Waals surface area contributed by atoms with Crippen molar-refractivity contribution in [1.29, 1.82) is 0 Å². The molecule has 1 aromatic carbocycles. The van der Waals surface area contributed by atoms with Gasteiger partial charge in [0.1, 0.15) is 0 Å². The fraction of sp³-hybridized carbons (Fsp3) is 0.167. The highest BCUT2D eigenvalue weighted by molar-refractivity contribution is 9.12. The molecule has 0 aliphatic carbocycles. The Morgan fingerprint density at radius 3 is 2.31 bits per heavy atom. The number of rotatable bonds is 2. The second-order valence-corrected chi connectivity index (χ2v) is 4.08. The van der Waals surface area contributed by atoms with Crippen LogP contribution in [-0.2, 0) is 0 Å². The van der Waals surface area contributed by atoms with Crippen molar-refractivity contribution >= 4 is 22.0 Å². The number of benzene rings is 1. The van der Waals surface area contributed by atoms with Crippen molar-refractivity contribution in [3.05, 3.63) is 52.0 Å². The van der Waals surface area contributed by atoms with Gasteiger partial charge < -0.3 is 0 Å². The van der Waals surface area contributed by atoms with Crippen molar-refractivity contribution < 1.29 is 0 Å². The van der Waals surface area contributed by atoms with Crippen molar-refractivity contribution in [3.63, 3.8) is 0 Å². The summed E-state index contributed by atoms with van der Waals surface area (Å²) in [6.45, 7) is 4.17. The van der Waals surface area contributed by atoms with Crippen LogP contribution in [0.25, 0.3) is 6.08 Å². The summed E-state index contributed by atoms with van der Waals surface area (Å²) in [6, 6.07) is 10.3. The maximum absolute atomic E-state index is 3.50. The van der Waals surface area contributed by atoms with Crippen LogP contribution in [0.5, 0.6) is 0 Å². The highest BCUT2D eigenvalue weighted by Gasteiger charge is 1.88. The fourth-order valence-corrected chi connectivity index (χ4v) is 1.75. The van der Waals surface area contributed by atoms with E-state index in [9.17, 15) is 0 Å². The van der Waals surface area contributed by atoms with E-state index in [1.54, 1.807) is 0 Å². The van der Waals surface area contributed by atoms with Gasteiger partial charge in [-0.1, -0.05) is 51.8 Å². The highest BCUT2D eigenvalue weighted by Crippen LogP contribution is 2.14. The molecule has 0 radical (unpaired) electrons. The SMILES string of the molecule is CC(C)=C/C(Br)=C/c1ccccc1. The van der Waals surface area contributed by atoms with Gasteiger partial charge in [0.05, 0.1) is 0 Å². The zero-order valence-corrected chi connectivity index (χ0v) is 9.51. The van der Waals surface area contributed by atoms with Gasteiger partial charge in [0, 0.05) is 4.48 Å². The van der Waals surface area contributed by atoms with E-state index in [4.69, 9.17) is 0 Å². The molecule has 68 valence electrons. The van der Waals surface area contributed by atoms with Gasteiger partial charge in [0.25, 0.3) is 0 Å². The topological polar surface area (TPSA) is 0 Å². The summed E-state index contributed by atoms with van der Waals surface area (Å²) >= 11 is 3.50. The Morgan fingerprint density at radius 2 is 1.77 bits per heavy atom. The van der Waals surface area contributed by atoms with Crippen molar-refractivity contribution in [1.82, 2.24) is 0 Å². The molecule has 0 spiro atoms. The van der Waals surface area contributed by atoms with Gasteiger partial charge in [0.15, 0.2) is 0 Å². The molecular formula is C12H13Br. The smallest absolute Gasteiger partial charge is 0.0180 e. The van der Waals surface area contributed by atoms with Gasteiger partial charge in [-0.15, -0.1) is 0 Å². The quantitative estimate of drug-likeness (QED) is 0.669. The van der Waals surface area contributed by atoms with Crippen LogP contribution in [0.15, 0.2) is 46.5 Å². The molecule has 1 heteroatoms. The number of hydrogen-bond donors (Lipinski definition) is 0. The Labute approximate surface area is 88.1 Å². The number of hydrogen-bond acceptors (Lipinski definition) is 0. The minimum atomic E-state index is 1.11. The lowest BCUT2D eigenvalue weighted by atomic mass is 10.2. The Kier molecular flexibility index (Phi) is 3.97. The predicted molar refractivity (Wildman–Crippen MR) is 62.8 cm³/mol. The minimum absolute atomic E-state index is 1.11. The fourth-order valence-electron chi connectivity index (χ4n) is 1.03. The van der Waals surface area contributed by atoms with Gasteiger partial charge in [0.2, 0.25) is 0 Å². The third-order valence-corrected chi connectivity index (χ3v) is 1.99. The van der Waals surface area contributed by atoms with Gasteiger partial charge in [-0.25, -0.2) is 0 Å². The summed E-state index contributed by atoms with van der Waals surface area (Å²) < 4.78 is 1.11. The van der Waals surface area contributed by atoms with Crippen molar-refractivity contribution in [2.75, 3.05) is 0 Å². The zero-order chi connectivity index (χ0) is 9.68. The molecule has 0 bridgehead atoms. The first-order valence-corrected chi connectivity index (χ1v) is 5.05. The largest absolute Gasteiger partial charge is 0.0753 e. The van der Waals surface area contributed by atoms with Crippen molar-refractivity contribution in [2.24, 2.45) is 0 Å². The van der Waals surface area contributed by atoms with Crippen LogP contribution >= 0.6 is 15.9 Å². The Morgan fingerprint density at radius 1 is 1.15 bits per heavy atom. The average Bonchev–Trinajstić information content (AvgIpc) is 2.04. The van der Waals surface area contributed by atoms with Crippen molar-refractivity contribution in [3.8, 4) is 0 Å². The van der Waals surface area contributed by atoms with E-state index in [0.29, 0.717) is 0 Å². The second-order valence-electron chi connectivity index (χ2n) is 3.16. The van der Waals surface area contributed by atoms with Crippen LogP contribution in [0, 0.1) is 0 Å². The van der Waals surface area contributed by atoms with E-state index in [2.05, 4.69) is 54.1 Å². The zero-order valence-electron chi connectivity index (χ0n) is 7.92. The normalized spacial score (nSPS) is 11.2. The first-order chi connectivity index (χ1) is 6.18. The van der Waals surface area contributed by atoms with Crippen LogP contribution in [0.2, 0.25) is 0 Å². The first-order valence-electron chi connectivity index (χ1n) is 4.25. The van der Waals surface area contributed by atoms with Gasteiger partial charge in [-0.3, -0.25) is 0 Å². The van der Waals surface area contributed by atoms with Crippen molar-refractivity contribution in [2.45, 2.75) is 13.8 Å². The molecule has 0 N–H and O–H groups in total. The van der Waals surface area contributed by atoms with Gasteiger partial charge in [-0.2, -0.15) is 0 Å². The van der Waals surface area contributed by atoms with E-state index < -0.39 is 0 Å². The van der Waals surface area contributed by atoms with E-state index >= 15 is 0 Å². The minimum Gasteiger partial charge on any atom is -0.0753 e. The summed E-state index contributed by atoms with van der Waals surface area (Å²) in [5.41, 5.74) is 2.51. The standard InChI is InChI=1S/C12H13Br/c1-10(2)8-12(13)9-11-6-4-3-5-7-11/h3-9H,1-2H3/b12-9-. The molecule has 0 aromatic heterocycles. The predicted octanol–water partition coefficient (Wildman–Crippen LogP) is 4.39. The maximum atomic E-state index is 3.50. The van der Waals surface area contributed by atoms with E-state index in [0.717, 1.165) is 4.48 Å². The molecule has 0 amide bonds. The van der Waals surface area contributed by atoms with Crippen LogP contribution < -0.4 is 0 Å². The van der Waals surface area contributed by atoms with Crippen LogP contribution in [0.3, 0.4) is 0 Å². The van der Waals surface area contributed by atoms with Gasteiger partial charge in [-0.05, 0) is 31.6 Å². The summed E-state index contributed by atoms with van der Waals surface area (Å²) in [5, 5.41) is 0. The Hall–Kier alpha value is -0.820.